The molecular formula is C18H16N4. The highest BCUT2D eigenvalue weighted by Gasteiger charge is 2.26. The maximum Gasteiger partial charge on any atom is 0.0991 e. The normalized spacial score (nSPS) is 16.6. The lowest BCUT2D eigenvalue weighted by molar-refractivity contribution is 0.683. The molecule has 1 atom stereocenters. The molecule has 4 nitrogen and oxygen atoms in total. The number of nitrogens with zero attached hydrogens (tertiary/aromatic N) is 3. The van der Waals surface area contributed by atoms with E-state index in [-0.39, 0.29) is 6.04 Å². The van der Waals surface area contributed by atoms with Crippen LogP contribution in [0, 0.1) is 11.3 Å². The molecule has 22 heavy (non-hydrogen) atoms. The van der Waals surface area contributed by atoms with Gasteiger partial charge in [-0.2, -0.15) is 5.26 Å². The zero-order valence-corrected chi connectivity index (χ0v) is 12.2. The number of hydrogen-bond acceptors (Lipinski definition) is 3. The van der Waals surface area contributed by atoms with Crippen LogP contribution >= 0.6 is 0 Å². The van der Waals surface area contributed by atoms with Gasteiger partial charge in [0.15, 0.2) is 0 Å². The molecule has 1 aliphatic rings. The van der Waals surface area contributed by atoms with Crippen LogP contribution in [0.1, 0.15) is 22.5 Å². The molecule has 0 spiro atoms. The van der Waals surface area contributed by atoms with E-state index >= 15 is 0 Å². The number of nitrogens with two attached hydrogens (primary N) is 1. The quantitative estimate of drug-likeness (QED) is 0.787. The average Bonchev–Trinajstić information content (AvgIpc) is 3.05. The first-order valence-electron chi connectivity index (χ1n) is 7.46. The first-order chi connectivity index (χ1) is 10.8. The van der Waals surface area contributed by atoms with Crippen LogP contribution in [0.25, 0.3) is 10.9 Å². The van der Waals surface area contributed by atoms with Gasteiger partial charge in [0.1, 0.15) is 0 Å². The van der Waals surface area contributed by atoms with Gasteiger partial charge in [-0.1, -0.05) is 6.07 Å². The summed E-state index contributed by atoms with van der Waals surface area (Å²) >= 11 is 0. The molecule has 0 fully saturated rings. The van der Waals surface area contributed by atoms with Gasteiger partial charge in [0, 0.05) is 35.3 Å². The maximum atomic E-state index is 9.15. The van der Waals surface area contributed by atoms with Crippen molar-refractivity contribution in [3.63, 3.8) is 0 Å². The summed E-state index contributed by atoms with van der Waals surface area (Å²) in [6.07, 6.45) is 3.59. The Balaban J connectivity index is 1.91. The van der Waals surface area contributed by atoms with E-state index in [1.807, 2.05) is 42.6 Å². The van der Waals surface area contributed by atoms with Crippen LogP contribution in [0.5, 0.6) is 0 Å². The molecule has 0 aliphatic heterocycles. The third kappa shape index (κ3) is 1.99. The SMILES string of the molecule is N#Cc1ccc2c(c1)c1c(n2Cc2ccccn2)C[C@@H](N)C1. The second-order valence-electron chi connectivity index (χ2n) is 5.84. The van der Waals surface area contributed by atoms with Gasteiger partial charge in [0.05, 0.1) is 23.9 Å². The fraction of sp³-hybridized carbons (Fsp3) is 0.222. The molecule has 2 heterocycles. The molecule has 0 amide bonds. The number of nitriles is 1. The second kappa shape index (κ2) is 4.97. The summed E-state index contributed by atoms with van der Waals surface area (Å²) in [5, 5.41) is 10.3. The summed E-state index contributed by atoms with van der Waals surface area (Å²) in [7, 11) is 0. The third-order valence-electron chi connectivity index (χ3n) is 4.38. The number of aromatic nitrogens is 2. The van der Waals surface area contributed by atoms with E-state index in [1.54, 1.807) is 0 Å². The zero-order valence-electron chi connectivity index (χ0n) is 12.2. The molecule has 1 aliphatic carbocycles. The molecule has 0 saturated carbocycles. The molecule has 0 bridgehead atoms. The standard InChI is InChI=1S/C18H16N4/c19-10-12-4-5-17-15(7-12)16-8-13(20)9-18(16)22(17)11-14-3-1-2-6-21-14/h1-7,13H,8-9,11,20H2/t13-/m0/s1. The Morgan fingerprint density at radius 1 is 1.27 bits per heavy atom. The molecule has 4 heteroatoms. The molecule has 2 N–H and O–H groups in total. The Hall–Kier alpha value is -2.64. The highest BCUT2D eigenvalue weighted by molar-refractivity contribution is 5.87. The molecular weight excluding hydrogens is 272 g/mol. The number of rotatable bonds is 2. The largest absolute Gasteiger partial charge is 0.338 e. The Morgan fingerprint density at radius 3 is 2.95 bits per heavy atom. The van der Waals surface area contributed by atoms with Gasteiger partial charge in [-0.15, -0.1) is 0 Å². The fourth-order valence-corrected chi connectivity index (χ4v) is 3.42. The minimum Gasteiger partial charge on any atom is -0.338 e. The molecule has 0 saturated heterocycles. The van der Waals surface area contributed by atoms with Gasteiger partial charge in [-0.25, -0.2) is 0 Å². The van der Waals surface area contributed by atoms with Crippen LogP contribution < -0.4 is 5.73 Å². The Kier molecular flexibility index (Phi) is 2.95. The summed E-state index contributed by atoms with van der Waals surface area (Å²) in [5.74, 6) is 0. The summed E-state index contributed by atoms with van der Waals surface area (Å²) in [6.45, 7) is 0.741. The van der Waals surface area contributed by atoms with E-state index in [0.29, 0.717) is 5.56 Å². The topological polar surface area (TPSA) is 67.6 Å². The zero-order chi connectivity index (χ0) is 15.1. The lowest BCUT2D eigenvalue weighted by Crippen LogP contribution is -2.20. The van der Waals surface area contributed by atoms with Crippen LogP contribution in [-0.4, -0.2) is 15.6 Å². The molecule has 108 valence electrons. The van der Waals surface area contributed by atoms with Gasteiger partial charge in [0.2, 0.25) is 0 Å². The molecule has 0 radical (unpaired) electrons. The summed E-state index contributed by atoms with van der Waals surface area (Å²) in [6, 6.07) is 14.3. The van der Waals surface area contributed by atoms with E-state index in [4.69, 9.17) is 11.0 Å². The maximum absolute atomic E-state index is 9.15. The highest BCUT2D eigenvalue weighted by atomic mass is 15.0. The third-order valence-corrected chi connectivity index (χ3v) is 4.38. The van der Waals surface area contributed by atoms with Crippen LogP contribution in [0.15, 0.2) is 42.6 Å². The number of pyridine rings is 1. The molecule has 3 aromatic rings. The number of fused-ring (bicyclic) bond motifs is 3. The smallest absolute Gasteiger partial charge is 0.0991 e. The van der Waals surface area contributed by atoms with Gasteiger partial charge >= 0.3 is 0 Å². The van der Waals surface area contributed by atoms with E-state index in [1.165, 1.54) is 16.8 Å². The van der Waals surface area contributed by atoms with Crippen molar-refractivity contribution in [1.29, 1.82) is 5.26 Å². The van der Waals surface area contributed by atoms with Crippen molar-refractivity contribution in [2.75, 3.05) is 0 Å². The first kappa shape index (κ1) is 13.1. The van der Waals surface area contributed by atoms with Gasteiger partial charge in [0.25, 0.3) is 0 Å². The van der Waals surface area contributed by atoms with Crippen molar-refractivity contribution in [1.82, 2.24) is 9.55 Å². The second-order valence-corrected chi connectivity index (χ2v) is 5.84. The van der Waals surface area contributed by atoms with Gasteiger partial charge in [-0.05, 0) is 42.3 Å². The van der Waals surface area contributed by atoms with Crippen LogP contribution in [0.4, 0.5) is 0 Å². The lowest BCUT2D eigenvalue weighted by atomic mass is 10.1. The lowest BCUT2D eigenvalue weighted by Gasteiger charge is -2.10. The van der Waals surface area contributed by atoms with Crippen LogP contribution in [-0.2, 0) is 19.4 Å². The van der Waals surface area contributed by atoms with Crippen molar-refractivity contribution in [3.05, 3.63) is 65.1 Å². The van der Waals surface area contributed by atoms with Gasteiger partial charge < -0.3 is 10.3 Å². The summed E-state index contributed by atoms with van der Waals surface area (Å²) < 4.78 is 2.31. The predicted molar refractivity (Wildman–Crippen MR) is 85.4 cm³/mol. The molecule has 4 rings (SSSR count). The van der Waals surface area contributed by atoms with Crippen molar-refractivity contribution >= 4 is 10.9 Å². The van der Waals surface area contributed by atoms with E-state index < -0.39 is 0 Å². The van der Waals surface area contributed by atoms with Crippen LogP contribution in [0.3, 0.4) is 0 Å². The van der Waals surface area contributed by atoms with Crippen molar-refractivity contribution < 1.29 is 0 Å². The average molecular weight is 288 g/mol. The van der Waals surface area contributed by atoms with E-state index in [0.717, 1.165) is 30.5 Å². The molecule has 1 aromatic carbocycles. The first-order valence-corrected chi connectivity index (χ1v) is 7.46. The highest BCUT2D eigenvalue weighted by Crippen LogP contribution is 2.33. The fourth-order valence-electron chi connectivity index (χ4n) is 3.42. The summed E-state index contributed by atoms with van der Waals surface area (Å²) in [5.41, 5.74) is 11.7. The molecule has 2 aromatic heterocycles. The number of benzene rings is 1. The minimum absolute atomic E-state index is 0.176. The minimum atomic E-state index is 0.176. The number of hydrogen-bond donors (Lipinski definition) is 1. The monoisotopic (exact) mass is 288 g/mol. The van der Waals surface area contributed by atoms with Crippen LogP contribution in [0.2, 0.25) is 0 Å². The predicted octanol–water partition coefficient (Wildman–Crippen LogP) is 2.38. The van der Waals surface area contributed by atoms with Gasteiger partial charge in [-0.3, -0.25) is 4.98 Å². The van der Waals surface area contributed by atoms with Crippen molar-refractivity contribution in [3.8, 4) is 6.07 Å². The summed E-state index contributed by atoms with van der Waals surface area (Å²) in [4.78, 5) is 4.43. The van der Waals surface area contributed by atoms with E-state index in [9.17, 15) is 0 Å². The van der Waals surface area contributed by atoms with Crippen molar-refractivity contribution in [2.24, 2.45) is 5.73 Å². The Morgan fingerprint density at radius 2 is 2.18 bits per heavy atom. The Labute approximate surface area is 128 Å². The van der Waals surface area contributed by atoms with Crippen molar-refractivity contribution in [2.45, 2.75) is 25.4 Å². The van der Waals surface area contributed by atoms with E-state index in [2.05, 4.69) is 15.6 Å². The molecule has 0 unspecified atom stereocenters. The Bertz CT molecular complexity index is 887.